The summed E-state index contributed by atoms with van der Waals surface area (Å²) in [5.41, 5.74) is 25.8. The van der Waals surface area contributed by atoms with E-state index >= 15 is 0 Å². The van der Waals surface area contributed by atoms with Gasteiger partial charge in [0.1, 0.15) is 0 Å². The monoisotopic (exact) mass is 622 g/mol. The molecule has 2 nitrogen and oxygen atoms in total. The Hall–Kier alpha value is -5.02. The van der Waals surface area contributed by atoms with Gasteiger partial charge in [-0.2, -0.15) is 0 Å². The number of fused-ring (bicyclic) bond motifs is 4. The van der Waals surface area contributed by atoms with E-state index in [4.69, 9.17) is 0 Å². The largest absolute Gasteiger partial charge is 0.311 e. The third kappa shape index (κ3) is 4.71. The molecule has 0 unspecified atom stereocenters. The lowest BCUT2D eigenvalue weighted by atomic mass is 9.32. The molecule has 0 radical (unpaired) electrons. The van der Waals surface area contributed by atoms with Crippen LogP contribution >= 0.6 is 0 Å². The van der Waals surface area contributed by atoms with Crippen LogP contribution in [0.2, 0.25) is 0 Å². The summed E-state index contributed by atoms with van der Waals surface area (Å²) in [6.07, 6.45) is 0. The van der Waals surface area contributed by atoms with Gasteiger partial charge in [0.25, 0.3) is 6.71 Å². The van der Waals surface area contributed by atoms with Gasteiger partial charge in [-0.05, 0) is 177 Å². The molecule has 0 bridgehead atoms. The summed E-state index contributed by atoms with van der Waals surface area (Å²) in [6.45, 7) is 20.3. The second-order valence-corrected chi connectivity index (χ2v) is 14.6. The van der Waals surface area contributed by atoms with E-state index in [0.717, 1.165) is 0 Å². The van der Waals surface area contributed by atoms with E-state index in [-0.39, 0.29) is 6.71 Å². The van der Waals surface area contributed by atoms with Crippen LogP contribution in [0.5, 0.6) is 0 Å². The molecule has 6 aromatic carbocycles. The van der Waals surface area contributed by atoms with E-state index in [9.17, 15) is 0 Å². The molecule has 0 N–H and O–H groups in total. The standard InChI is InChI=1S/C45H43BN2/c1-26-14-27(2)20-36(19-26)47-39-13-11-10-12-38(39)46-44-34(9)18-31(6)23-40(44)48(37-21-28(3)15-29(4)22-37)42-25-35(24-41(47)45(42)46)43-32(7)16-30(5)17-33(43)8/h10-25H,1-9H3. The van der Waals surface area contributed by atoms with Crippen LogP contribution in [0.25, 0.3) is 11.1 Å². The Balaban J connectivity index is 1.56. The van der Waals surface area contributed by atoms with Gasteiger partial charge in [-0.1, -0.05) is 59.7 Å². The first-order valence-electron chi connectivity index (χ1n) is 17.2. The van der Waals surface area contributed by atoms with Gasteiger partial charge in [0.05, 0.1) is 0 Å². The minimum absolute atomic E-state index is 0.111. The lowest BCUT2D eigenvalue weighted by Crippen LogP contribution is -2.62. The Kier molecular flexibility index (Phi) is 6.96. The molecule has 0 amide bonds. The molecule has 6 aromatic rings. The summed E-state index contributed by atoms with van der Waals surface area (Å²) < 4.78 is 0. The fourth-order valence-corrected chi connectivity index (χ4v) is 8.95. The number of rotatable bonds is 3. The van der Waals surface area contributed by atoms with Crippen LogP contribution in [-0.4, -0.2) is 6.71 Å². The highest BCUT2D eigenvalue weighted by molar-refractivity contribution is 7.00. The topological polar surface area (TPSA) is 6.48 Å². The van der Waals surface area contributed by atoms with Crippen LogP contribution in [0.1, 0.15) is 50.1 Å². The van der Waals surface area contributed by atoms with Crippen molar-refractivity contribution >= 4 is 57.2 Å². The van der Waals surface area contributed by atoms with Crippen LogP contribution in [0, 0.1) is 62.3 Å². The maximum atomic E-state index is 2.57. The number of aryl methyl sites for hydroxylation is 9. The van der Waals surface area contributed by atoms with E-state index in [0.29, 0.717) is 0 Å². The normalized spacial score (nSPS) is 13.0. The lowest BCUT2D eigenvalue weighted by molar-refractivity contribution is 1.22. The number of hydrogen-bond acceptors (Lipinski definition) is 2. The Labute approximate surface area is 286 Å². The molecular weight excluding hydrogens is 579 g/mol. The summed E-state index contributed by atoms with van der Waals surface area (Å²) in [5.74, 6) is 0. The van der Waals surface area contributed by atoms with Crippen LogP contribution in [-0.2, 0) is 0 Å². The highest BCUT2D eigenvalue weighted by Gasteiger charge is 2.44. The average Bonchev–Trinajstić information content (AvgIpc) is 2.99. The van der Waals surface area contributed by atoms with E-state index in [1.807, 2.05) is 0 Å². The number of para-hydroxylation sites is 1. The van der Waals surface area contributed by atoms with Gasteiger partial charge in [0, 0.05) is 34.1 Å². The first-order valence-corrected chi connectivity index (χ1v) is 17.2. The van der Waals surface area contributed by atoms with Gasteiger partial charge < -0.3 is 9.80 Å². The van der Waals surface area contributed by atoms with Crippen LogP contribution in [0.4, 0.5) is 34.1 Å². The quantitative estimate of drug-likeness (QED) is 0.181. The molecular formula is C45H43BN2. The highest BCUT2D eigenvalue weighted by atomic mass is 15.2. The molecule has 0 spiro atoms. The zero-order valence-electron chi connectivity index (χ0n) is 29.7. The molecule has 8 rings (SSSR count). The zero-order valence-corrected chi connectivity index (χ0v) is 29.7. The molecule has 0 aliphatic carbocycles. The number of benzene rings is 6. The fourth-order valence-electron chi connectivity index (χ4n) is 8.95. The molecule has 2 aliphatic heterocycles. The summed E-state index contributed by atoms with van der Waals surface area (Å²) in [4.78, 5) is 5.11. The number of anilines is 6. The third-order valence-electron chi connectivity index (χ3n) is 10.3. The minimum Gasteiger partial charge on any atom is -0.311 e. The minimum atomic E-state index is 0.111. The molecule has 0 saturated heterocycles. The first-order chi connectivity index (χ1) is 23.0. The predicted molar refractivity (Wildman–Crippen MR) is 209 cm³/mol. The van der Waals surface area contributed by atoms with Crippen molar-refractivity contribution in [3.63, 3.8) is 0 Å². The van der Waals surface area contributed by atoms with Crippen LogP contribution in [0.15, 0.2) is 97.1 Å². The van der Waals surface area contributed by atoms with E-state index < -0.39 is 0 Å². The molecule has 2 heterocycles. The zero-order chi connectivity index (χ0) is 33.6. The van der Waals surface area contributed by atoms with Crippen molar-refractivity contribution in [2.24, 2.45) is 0 Å². The smallest absolute Gasteiger partial charge is 0.252 e. The van der Waals surface area contributed by atoms with Crippen molar-refractivity contribution in [3.05, 3.63) is 147 Å². The lowest BCUT2D eigenvalue weighted by Gasteiger charge is -2.45. The second-order valence-electron chi connectivity index (χ2n) is 14.6. The highest BCUT2D eigenvalue weighted by Crippen LogP contribution is 2.47. The van der Waals surface area contributed by atoms with Gasteiger partial charge in [0.15, 0.2) is 0 Å². The van der Waals surface area contributed by atoms with Crippen molar-refractivity contribution in [1.82, 2.24) is 0 Å². The molecule has 0 aromatic heterocycles. The Morgan fingerprint density at radius 2 is 0.833 bits per heavy atom. The third-order valence-corrected chi connectivity index (χ3v) is 10.3. The fraction of sp³-hybridized carbons (Fsp3) is 0.200. The number of hydrogen-bond donors (Lipinski definition) is 0. The molecule has 0 saturated carbocycles. The summed E-state index contributed by atoms with van der Waals surface area (Å²) in [7, 11) is 0. The maximum Gasteiger partial charge on any atom is 0.252 e. The molecule has 236 valence electrons. The predicted octanol–water partition coefficient (Wildman–Crippen LogP) is 10.2. The summed E-state index contributed by atoms with van der Waals surface area (Å²) in [5, 5.41) is 0. The van der Waals surface area contributed by atoms with Crippen LogP contribution in [0.3, 0.4) is 0 Å². The average molecular weight is 623 g/mol. The van der Waals surface area contributed by atoms with Crippen molar-refractivity contribution in [2.75, 3.05) is 9.80 Å². The Bertz CT molecular complexity index is 2250. The van der Waals surface area contributed by atoms with Gasteiger partial charge >= 0.3 is 0 Å². The molecule has 3 heteroatoms. The van der Waals surface area contributed by atoms with Gasteiger partial charge in [-0.3, -0.25) is 0 Å². The van der Waals surface area contributed by atoms with Crippen molar-refractivity contribution in [3.8, 4) is 11.1 Å². The van der Waals surface area contributed by atoms with E-state index in [1.54, 1.807) is 0 Å². The van der Waals surface area contributed by atoms with E-state index in [1.165, 1.54) is 112 Å². The van der Waals surface area contributed by atoms with Gasteiger partial charge in [0.2, 0.25) is 0 Å². The molecule has 0 fully saturated rings. The van der Waals surface area contributed by atoms with Crippen molar-refractivity contribution < 1.29 is 0 Å². The van der Waals surface area contributed by atoms with E-state index in [2.05, 4.69) is 169 Å². The Morgan fingerprint density at radius 1 is 0.396 bits per heavy atom. The molecule has 48 heavy (non-hydrogen) atoms. The summed E-state index contributed by atoms with van der Waals surface area (Å²) >= 11 is 0. The summed E-state index contributed by atoms with van der Waals surface area (Å²) in [6, 6.07) is 37.5. The maximum absolute atomic E-state index is 2.57. The van der Waals surface area contributed by atoms with Crippen LogP contribution < -0.4 is 26.2 Å². The first kappa shape index (κ1) is 30.3. The molecule has 2 aliphatic rings. The second kappa shape index (κ2) is 11.0. The SMILES string of the molecule is Cc1cc(C)cc(N2c3ccccc3B3c4c(C)cc(C)cc4N(c4cc(C)cc(C)c4)c4cc(-c5c(C)cc(C)cc5C)cc2c43)c1. The van der Waals surface area contributed by atoms with Crippen molar-refractivity contribution in [2.45, 2.75) is 62.3 Å². The Morgan fingerprint density at radius 3 is 1.40 bits per heavy atom. The van der Waals surface area contributed by atoms with Gasteiger partial charge in [-0.15, -0.1) is 0 Å². The molecule has 0 atom stereocenters. The number of nitrogens with zero attached hydrogens (tertiary/aromatic N) is 2. The van der Waals surface area contributed by atoms with Crippen molar-refractivity contribution in [1.29, 1.82) is 0 Å². The van der Waals surface area contributed by atoms with Gasteiger partial charge in [-0.25, -0.2) is 0 Å².